The van der Waals surface area contributed by atoms with Crippen LogP contribution in [0.3, 0.4) is 0 Å². The van der Waals surface area contributed by atoms with Gasteiger partial charge in [-0.2, -0.15) is 4.98 Å². The molecule has 4 aromatic rings. The number of hydrogen-bond donors (Lipinski definition) is 3. The Bertz CT molecular complexity index is 1390. The van der Waals surface area contributed by atoms with Crippen LogP contribution in [0.25, 0.3) is 11.5 Å². The van der Waals surface area contributed by atoms with Gasteiger partial charge in [-0.05, 0) is 69.0 Å². The molecule has 208 valence electrons. The van der Waals surface area contributed by atoms with Crippen molar-refractivity contribution in [2.75, 3.05) is 31.0 Å². The fraction of sp³-hybridized carbons (Fsp3) is 0.333. The number of methoxy groups -OCH3 is 1. The summed E-state index contributed by atoms with van der Waals surface area (Å²) in [6.45, 7) is 3.02. The number of carbonyl (C=O) groups is 1. The summed E-state index contributed by atoms with van der Waals surface area (Å²) in [5.41, 5.74) is 2.93. The smallest absolute Gasteiger partial charge is 0.273 e. The second-order valence-corrected chi connectivity index (χ2v) is 9.80. The Morgan fingerprint density at radius 2 is 1.82 bits per heavy atom. The first-order chi connectivity index (χ1) is 19.6. The van der Waals surface area contributed by atoms with Gasteiger partial charge in [0.2, 0.25) is 11.8 Å². The lowest BCUT2D eigenvalue weighted by Gasteiger charge is -2.30. The van der Waals surface area contributed by atoms with Crippen LogP contribution in [-0.4, -0.2) is 53.3 Å². The van der Waals surface area contributed by atoms with E-state index in [0.29, 0.717) is 25.1 Å². The Morgan fingerprint density at radius 1 is 1.02 bits per heavy atom. The highest BCUT2D eigenvalue weighted by Crippen LogP contribution is 2.25. The quantitative estimate of drug-likeness (QED) is 0.215. The molecule has 2 aromatic heterocycles. The minimum atomic E-state index is -0.226. The molecule has 2 aromatic carbocycles. The van der Waals surface area contributed by atoms with Gasteiger partial charge in [0.25, 0.3) is 5.91 Å². The second-order valence-electron chi connectivity index (χ2n) is 9.80. The average molecular weight is 543 g/mol. The van der Waals surface area contributed by atoms with Gasteiger partial charge in [0, 0.05) is 42.2 Å². The maximum atomic E-state index is 12.9. The molecular formula is C30H34N6O4. The summed E-state index contributed by atoms with van der Waals surface area (Å²) in [5.74, 6) is 2.26. The Kier molecular flexibility index (Phi) is 8.87. The Labute approximate surface area is 233 Å². The maximum absolute atomic E-state index is 12.9. The molecule has 1 aliphatic rings. The van der Waals surface area contributed by atoms with Gasteiger partial charge in [-0.1, -0.05) is 18.2 Å². The number of amides is 1. The lowest BCUT2D eigenvalue weighted by Crippen LogP contribution is -2.42. The molecular weight excluding hydrogens is 508 g/mol. The number of carbonyl (C=O) groups excluding carboxylic acids is 1. The third-order valence-electron chi connectivity index (χ3n) is 6.75. The zero-order chi connectivity index (χ0) is 27.7. The van der Waals surface area contributed by atoms with Gasteiger partial charge in [0.1, 0.15) is 24.4 Å². The number of rotatable bonds is 11. The van der Waals surface area contributed by atoms with Crippen molar-refractivity contribution in [2.24, 2.45) is 0 Å². The first-order valence-electron chi connectivity index (χ1n) is 13.5. The number of ether oxygens (including phenoxy) is 2. The molecule has 0 radical (unpaired) electrons. The summed E-state index contributed by atoms with van der Waals surface area (Å²) < 4.78 is 16.2. The Hall–Kier alpha value is -4.44. The van der Waals surface area contributed by atoms with Gasteiger partial charge < -0.3 is 29.8 Å². The van der Waals surface area contributed by atoms with Crippen molar-refractivity contribution in [2.45, 2.75) is 44.7 Å². The normalized spacial score (nSPS) is 16.8. The molecule has 0 bridgehead atoms. The summed E-state index contributed by atoms with van der Waals surface area (Å²) in [5, 5.41) is 9.96. The molecule has 2 unspecified atom stereocenters. The lowest BCUT2D eigenvalue weighted by atomic mass is 9.90. The molecule has 2 heterocycles. The molecule has 2 atom stereocenters. The third-order valence-corrected chi connectivity index (χ3v) is 6.75. The highest BCUT2D eigenvalue weighted by molar-refractivity contribution is 5.92. The van der Waals surface area contributed by atoms with Gasteiger partial charge in [0.05, 0.1) is 6.61 Å². The van der Waals surface area contributed by atoms with Crippen molar-refractivity contribution in [3.05, 3.63) is 78.3 Å². The largest absolute Gasteiger partial charge is 0.491 e. The Morgan fingerprint density at radius 3 is 2.62 bits per heavy atom. The first-order valence-corrected chi connectivity index (χ1v) is 13.5. The van der Waals surface area contributed by atoms with E-state index in [1.807, 2.05) is 61.5 Å². The van der Waals surface area contributed by atoms with E-state index in [1.165, 1.54) is 6.26 Å². The first kappa shape index (κ1) is 27.1. The molecule has 3 N–H and O–H groups in total. The van der Waals surface area contributed by atoms with E-state index < -0.39 is 0 Å². The summed E-state index contributed by atoms with van der Waals surface area (Å²) in [4.78, 5) is 26.4. The van der Waals surface area contributed by atoms with Crippen LogP contribution in [0.15, 0.2) is 71.5 Å². The number of oxazole rings is 1. The molecule has 0 spiro atoms. The minimum absolute atomic E-state index is 0.0278. The highest BCUT2D eigenvalue weighted by atomic mass is 16.5. The molecule has 40 heavy (non-hydrogen) atoms. The van der Waals surface area contributed by atoms with Crippen LogP contribution in [0.2, 0.25) is 0 Å². The number of anilines is 3. The fourth-order valence-corrected chi connectivity index (χ4v) is 4.65. The summed E-state index contributed by atoms with van der Waals surface area (Å²) >= 11 is 0. The molecule has 0 aliphatic heterocycles. The van der Waals surface area contributed by atoms with Gasteiger partial charge >= 0.3 is 0 Å². The molecule has 1 fully saturated rings. The highest BCUT2D eigenvalue weighted by Gasteiger charge is 2.25. The zero-order valence-corrected chi connectivity index (χ0v) is 22.7. The monoisotopic (exact) mass is 542 g/mol. The van der Waals surface area contributed by atoms with Crippen LogP contribution in [0.5, 0.6) is 5.75 Å². The number of aryl methyl sites for hydroxylation is 1. The summed E-state index contributed by atoms with van der Waals surface area (Å²) in [6, 6.07) is 17.4. The summed E-state index contributed by atoms with van der Waals surface area (Å²) in [6.07, 6.45) is 6.89. The summed E-state index contributed by atoms with van der Waals surface area (Å²) in [7, 11) is 1.65. The SMILES string of the molecule is COCCOc1ccc(Nc2ncc(C)c(NC3CCCC(NC(=O)c4coc(-c5ccccc5)n4)C3)n2)cc1. The van der Waals surface area contributed by atoms with Crippen molar-refractivity contribution >= 4 is 23.4 Å². The number of nitrogens with one attached hydrogen (secondary N) is 3. The van der Waals surface area contributed by atoms with Crippen LogP contribution in [0.4, 0.5) is 17.5 Å². The Balaban J connectivity index is 1.16. The standard InChI is InChI=1S/C30H34N6O4/c1-20-18-31-30(34-22-11-13-25(14-12-22)39-16-15-38-2)36-27(20)32-23-9-6-10-24(17-23)33-28(37)26-19-40-29(35-26)21-7-4-3-5-8-21/h3-5,7-8,11-14,18-19,23-24H,6,9-10,15-17H2,1-2H3,(H,33,37)(H2,31,32,34,36). The van der Waals surface area contributed by atoms with E-state index >= 15 is 0 Å². The van der Waals surface area contributed by atoms with Crippen molar-refractivity contribution in [1.29, 1.82) is 0 Å². The van der Waals surface area contributed by atoms with Crippen molar-refractivity contribution in [3.63, 3.8) is 0 Å². The molecule has 0 saturated heterocycles. The van der Waals surface area contributed by atoms with Crippen LogP contribution < -0.4 is 20.7 Å². The number of hydrogen-bond acceptors (Lipinski definition) is 9. The second kappa shape index (κ2) is 13.1. The molecule has 5 rings (SSSR count). The molecule has 1 saturated carbocycles. The van der Waals surface area contributed by atoms with Gasteiger partial charge in [-0.25, -0.2) is 9.97 Å². The molecule has 10 heteroatoms. The van der Waals surface area contributed by atoms with Crippen LogP contribution in [0.1, 0.15) is 41.7 Å². The van der Waals surface area contributed by atoms with Gasteiger partial charge in [-0.3, -0.25) is 4.79 Å². The molecule has 1 aliphatic carbocycles. The van der Waals surface area contributed by atoms with E-state index in [2.05, 4.69) is 25.9 Å². The minimum Gasteiger partial charge on any atom is -0.491 e. The van der Waals surface area contributed by atoms with E-state index in [1.54, 1.807) is 13.3 Å². The predicted octanol–water partition coefficient (Wildman–Crippen LogP) is 5.36. The topological polar surface area (TPSA) is 123 Å². The maximum Gasteiger partial charge on any atom is 0.273 e. The zero-order valence-electron chi connectivity index (χ0n) is 22.7. The number of benzene rings is 2. The van der Waals surface area contributed by atoms with Crippen molar-refractivity contribution < 1.29 is 18.7 Å². The van der Waals surface area contributed by atoms with E-state index in [9.17, 15) is 4.79 Å². The third kappa shape index (κ3) is 7.15. The average Bonchev–Trinajstić information content (AvgIpc) is 3.48. The fourth-order valence-electron chi connectivity index (χ4n) is 4.65. The number of aromatic nitrogens is 3. The van der Waals surface area contributed by atoms with Gasteiger partial charge in [0.15, 0.2) is 5.69 Å². The molecule has 10 nitrogen and oxygen atoms in total. The predicted molar refractivity (Wildman–Crippen MR) is 153 cm³/mol. The van der Waals surface area contributed by atoms with E-state index in [-0.39, 0.29) is 23.7 Å². The van der Waals surface area contributed by atoms with Crippen LogP contribution in [0, 0.1) is 6.92 Å². The van der Waals surface area contributed by atoms with E-state index in [4.69, 9.17) is 18.9 Å². The molecule has 1 amide bonds. The lowest BCUT2D eigenvalue weighted by molar-refractivity contribution is 0.0921. The van der Waals surface area contributed by atoms with Crippen molar-refractivity contribution in [3.8, 4) is 17.2 Å². The van der Waals surface area contributed by atoms with Crippen molar-refractivity contribution in [1.82, 2.24) is 20.3 Å². The van der Waals surface area contributed by atoms with E-state index in [0.717, 1.165) is 54.1 Å². The van der Waals surface area contributed by atoms with Crippen LogP contribution >= 0.6 is 0 Å². The van der Waals surface area contributed by atoms with Gasteiger partial charge in [-0.15, -0.1) is 0 Å². The van der Waals surface area contributed by atoms with Crippen LogP contribution in [-0.2, 0) is 4.74 Å². The number of nitrogens with zero attached hydrogens (tertiary/aromatic N) is 3.